The summed E-state index contributed by atoms with van der Waals surface area (Å²) in [4.78, 5) is 0. The Labute approximate surface area is 83.9 Å². The van der Waals surface area contributed by atoms with Gasteiger partial charge in [-0.3, -0.25) is 0 Å². The SMILES string of the molecule is Br.Br.O.O.O.O.O.O.[Fe]. The molecule has 9 heteroatoms. The van der Waals surface area contributed by atoms with Crippen LogP contribution in [0.15, 0.2) is 0 Å². The van der Waals surface area contributed by atoms with E-state index in [2.05, 4.69) is 0 Å². The number of hydrogen-bond donors (Lipinski definition) is 0. The van der Waals surface area contributed by atoms with Gasteiger partial charge in [0.2, 0.25) is 0 Å². The smallest absolute Gasteiger partial charge is 0 e. The molecule has 0 heterocycles. The maximum atomic E-state index is 0. The molecule has 0 aromatic carbocycles. The van der Waals surface area contributed by atoms with Gasteiger partial charge in [-0.15, -0.1) is 34.0 Å². The van der Waals surface area contributed by atoms with Crippen molar-refractivity contribution in [1.82, 2.24) is 0 Å². The molecule has 0 aliphatic rings. The Hall–Kier alpha value is 1.24. The largest absolute Gasteiger partial charge is 0.412 e. The summed E-state index contributed by atoms with van der Waals surface area (Å²) >= 11 is 0. The summed E-state index contributed by atoms with van der Waals surface area (Å²) < 4.78 is 0. The third-order valence-electron chi connectivity index (χ3n) is 0. The minimum atomic E-state index is 0. The Balaban J connectivity index is 0. The van der Waals surface area contributed by atoms with Gasteiger partial charge in [-0.2, -0.15) is 0 Å². The van der Waals surface area contributed by atoms with E-state index in [1.165, 1.54) is 0 Å². The predicted octanol–water partition coefficient (Wildman–Crippen LogP) is -3.79. The van der Waals surface area contributed by atoms with Gasteiger partial charge in [-0.25, -0.2) is 0 Å². The molecule has 0 aromatic heterocycles. The molecule has 0 radical (unpaired) electrons. The van der Waals surface area contributed by atoms with E-state index in [9.17, 15) is 0 Å². The van der Waals surface area contributed by atoms with Crippen molar-refractivity contribution in [2.24, 2.45) is 0 Å². The molecule has 0 bridgehead atoms. The zero-order valence-corrected chi connectivity index (χ0v) is 8.70. The predicted molar refractivity (Wildman–Crippen MR) is 42.3 cm³/mol. The van der Waals surface area contributed by atoms with E-state index in [-0.39, 0.29) is 83.9 Å². The van der Waals surface area contributed by atoms with Crippen LogP contribution in [0.4, 0.5) is 0 Å². The Bertz CT molecular complexity index is 11.0. The summed E-state index contributed by atoms with van der Waals surface area (Å²) in [5.74, 6) is 0. The molecule has 0 aliphatic carbocycles. The summed E-state index contributed by atoms with van der Waals surface area (Å²) in [6.45, 7) is 0. The van der Waals surface area contributed by atoms with Gasteiger partial charge in [0.15, 0.2) is 0 Å². The van der Waals surface area contributed by atoms with E-state index >= 15 is 0 Å². The van der Waals surface area contributed by atoms with Crippen LogP contribution in [0.3, 0.4) is 0 Å². The minimum Gasteiger partial charge on any atom is -0.412 e. The van der Waals surface area contributed by atoms with Gasteiger partial charge in [0.25, 0.3) is 0 Å². The molecule has 0 saturated carbocycles. The molecule has 12 N–H and O–H groups in total. The standard InChI is InChI=1S/2BrH.Fe.6H2O/h2*1H;;6*1H2. The van der Waals surface area contributed by atoms with Crippen LogP contribution >= 0.6 is 34.0 Å². The van der Waals surface area contributed by atoms with E-state index in [4.69, 9.17) is 0 Å². The van der Waals surface area contributed by atoms with Gasteiger partial charge < -0.3 is 32.9 Å². The monoisotopic (exact) mass is 324 g/mol. The quantitative estimate of drug-likeness (QED) is 0.395. The fourth-order valence-electron chi connectivity index (χ4n) is 0. The Morgan fingerprint density at radius 1 is 0.333 bits per heavy atom. The number of rotatable bonds is 0. The first-order chi connectivity index (χ1) is 0. The van der Waals surface area contributed by atoms with Gasteiger partial charge in [0.1, 0.15) is 0 Å². The van der Waals surface area contributed by atoms with Crippen LogP contribution in [-0.2, 0) is 17.1 Å². The zero-order chi connectivity index (χ0) is 0. The molecular formula is H14Br2FeO6. The first-order valence-electron chi connectivity index (χ1n) is 0. The van der Waals surface area contributed by atoms with E-state index < -0.39 is 0 Å². The molecule has 0 spiro atoms. The summed E-state index contributed by atoms with van der Waals surface area (Å²) in [7, 11) is 0. The van der Waals surface area contributed by atoms with Crippen molar-refractivity contribution in [1.29, 1.82) is 0 Å². The van der Waals surface area contributed by atoms with Crippen LogP contribution in [0, 0.1) is 0 Å². The van der Waals surface area contributed by atoms with Crippen LogP contribution in [0.25, 0.3) is 0 Å². The second kappa shape index (κ2) is 408. The second-order valence-electron chi connectivity index (χ2n) is 0. The molecule has 72 valence electrons. The second-order valence-corrected chi connectivity index (χ2v) is 0. The molecule has 0 rings (SSSR count). The van der Waals surface area contributed by atoms with Crippen molar-refractivity contribution in [3.63, 3.8) is 0 Å². The average Bonchev–Trinajstić information content (AvgIpc) is 0. The molecule has 0 atom stereocenters. The molecule has 0 aromatic rings. The summed E-state index contributed by atoms with van der Waals surface area (Å²) in [6.07, 6.45) is 0. The first kappa shape index (κ1) is 569. The molecule has 0 unspecified atom stereocenters. The third-order valence-corrected chi connectivity index (χ3v) is 0. The maximum absolute atomic E-state index is 0. The number of halogens is 2. The van der Waals surface area contributed by atoms with Crippen LogP contribution in [0.5, 0.6) is 0 Å². The van der Waals surface area contributed by atoms with Crippen molar-refractivity contribution in [3.8, 4) is 0 Å². The van der Waals surface area contributed by atoms with Crippen LogP contribution in [0.2, 0.25) is 0 Å². The minimum absolute atomic E-state index is 0. The summed E-state index contributed by atoms with van der Waals surface area (Å²) in [6, 6.07) is 0. The van der Waals surface area contributed by atoms with E-state index in [1.807, 2.05) is 0 Å². The number of hydrogen-bond acceptors (Lipinski definition) is 0. The zero-order valence-electron chi connectivity index (χ0n) is 4.17. The molecule has 0 saturated heterocycles. The van der Waals surface area contributed by atoms with Crippen LogP contribution in [-0.4, -0.2) is 32.9 Å². The molecule has 0 aliphatic heterocycles. The van der Waals surface area contributed by atoms with Gasteiger partial charge >= 0.3 is 0 Å². The van der Waals surface area contributed by atoms with E-state index in [1.54, 1.807) is 0 Å². The van der Waals surface area contributed by atoms with E-state index in [0.717, 1.165) is 0 Å². The molecule has 9 heavy (non-hydrogen) atoms. The normalized spacial score (nSPS) is 0. The van der Waals surface area contributed by atoms with Crippen molar-refractivity contribution < 1.29 is 49.9 Å². The maximum Gasteiger partial charge on any atom is 0 e. The van der Waals surface area contributed by atoms with E-state index in [0.29, 0.717) is 0 Å². The fourth-order valence-corrected chi connectivity index (χ4v) is 0. The third kappa shape index (κ3) is 315. The average molecular weight is 326 g/mol. The Morgan fingerprint density at radius 2 is 0.333 bits per heavy atom. The van der Waals surface area contributed by atoms with Crippen LogP contribution < -0.4 is 0 Å². The first-order valence-corrected chi connectivity index (χ1v) is 0. The molecule has 0 fully saturated rings. The van der Waals surface area contributed by atoms with Crippen LogP contribution in [0.1, 0.15) is 0 Å². The molecule has 0 amide bonds. The van der Waals surface area contributed by atoms with Crippen molar-refractivity contribution in [3.05, 3.63) is 0 Å². The summed E-state index contributed by atoms with van der Waals surface area (Å²) in [5.41, 5.74) is 0. The van der Waals surface area contributed by atoms with Gasteiger partial charge in [-0.05, 0) is 0 Å². The summed E-state index contributed by atoms with van der Waals surface area (Å²) in [5, 5.41) is 0. The van der Waals surface area contributed by atoms with Crippen molar-refractivity contribution in [2.75, 3.05) is 0 Å². The Kier molecular flexibility index (Phi) is 25800. The molecular weight excluding hydrogens is 312 g/mol. The molecule has 6 nitrogen and oxygen atoms in total. The van der Waals surface area contributed by atoms with Gasteiger partial charge in [0, 0.05) is 17.1 Å². The van der Waals surface area contributed by atoms with Crippen molar-refractivity contribution >= 4 is 34.0 Å². The van der Waals surface area contributed by atoms with Gasteiger partial charge in [-0.1, -0.05) is 0 Å². The van der Waals surface area contributed by atoms with Crippen molar-refractivity contribution in [2.45, 2.75) is 0 Å². The van der Waals surface area contributed by atoms with Gasteiger partial charge in [0.05, 0.1) is 0 Å². The fraction of sp³-hybridized carbons (Fsp3) is 0. The Morgan fingerprint density at radius 3 is 0.333 bits per heavy atom. The topological polar surface area (TPSA) is 189 Å².